The van der Waals surface area contributed by atoms with Gasteiger partial charge in [-0.15, -0.1) is 0 Å². The smallest absolute Gasteiger partial charge is 0.248 e. The molecule has 1 heterocycles. The molecule has 1 N–H and O–H groups in total. The summed E-state index contributed by atoms with van der Waals surface area (Å²) in [6.07, 6.45) is 3.29. The van der Waals surface area contributed by atoms with Gasteiger partial charge in [0, 0.05) is 24.7 Å². The summed E-state index contributed by atoms with van der Waals surface area (Å²) in [5.74, 6) is -2.45. The lowest BCUT2D eigenvalue weighted by Crippen LogP contribution is -2.41. The Bertz CT molecular complexity index is 311. The van der Waals surface area contributed by atoms with Gasteiger partial charge in [0.2, 0.25) is 5.92 Å². The van der Waals surface area contributed by atoms with Gasteiger partial charge in [0.25, 0.3) is 0 Å². The lowest BCUT2D eigenvalue weighted by molar-refractivity contribution is -0.131. The third-order valence-corrected chi connectivity index (χ3v) is 4.60. The molecule has 1 saturated carbocycles. The minimum Gasteiger partial charge on any atom is -0.317 e. The Hall–Kier alpha value is -0.510. The molecule has 0 aromatic heterocycles. The summed E-state index contributed by atoms with van der Waals surface area (Å²) in [5.41, 5.74) is -0.280. The average Bonchev–Trinajstić information content (AvgIpc) is 2.28. The summed E-state index contributed by atoms with van der Waals surface area (Å²) >= 11 is 0. The Morgan fingerprint density at radius 2 is 1.94 bits per heavy atom. The molecule has 1 aliphatic carbocycles. The molecule has 2 aliphatic rings. The molecule has 2 nitrogen and oxygen atoms in total. The lowest BCUT2D eigenvalue weighted by atomic mass is 9.72. The molecular formula is C14H23F2NO. The predicted molar refractivity (Wildman–Crippen MR) is 66.7 cm³/mol. The van der Waals surface area contributed by atoms with Crippen molar-refractivity contribution in [1.29, 1.82) is 0 Å². The largest absolute Gasteiger partial charge is 0.317 e. The Morgan fingerprint density at radius 1 is 1.28 bits per heavy atom. The van der Waals surface area contributed by atoms with Crippen molar-refractivity contribution in [2.75, 3.05) is 13.1 Å². The van der Waals surface area contributed by atoms with Crippen LogP contribution >= 0.6 is 0 Å². The van der Waals surface area contributed by atoms with Crippen LogP contribution in [0.2, 0.25) is 0 Å². The first-order valence-electron chi connectivity index (χ1n) is 7.03. The topological polar surface area (TPSA) is 29.1 Å². The molecule has 1 unspecified atom stereocenters. The summed E-state index contributed by atoms with van der Waals surface area (Å²) in [7, 11) is 0. The number of ketones is 1. The van der Waals surface area contributed by atoms with Gasteiger partial charge in [-0.1, -0.05) is 6.92 Å². The number of Topliss-reactive ketones (excluding diaryl/α,β-unsaturated/α-hetero) is 1. The zero-order valence-corrected chi connectivity index (χ0v) is 11.1. The summed E-state index contributed by atoms with van der Waals surface area (Å²) in [6, 6.07) is 0. The molecule has 4 heteroatoms. The van der Waals surface area contributed by atoms with E-state index in [9.17, 15) is 13.6 Å². The Balaban J connectivity index is 1.90. The van der Waals surface area contributed by atoms with Gasteiger partial charge >= 0.3 is 0 Å². The fourth-order valence-corrected chi connectivity index (χ4v) is 3.22. The van der Waals surface area contributed by atoms with Gasteiger partial charge in [0.1, 0.15) is 5.78 Å². The first-order chi connectivity index (χ1) is 8.41. The Morgan fingerprint density at radius 3 is 2.56 bits per heavy atom. The molecule has 1 atom stereocenters. The summed E-state index contributed by atoms with van der Waals surface area (Å²) < 4.78 is 26.6. The second-order valence-corrected chi connectivity index (χ2v) is 6.26. The number of carbonyl (C=O) groups is 1. The zero-order valence-electron chi connectivity index (χ0n) is 11.1. The zero-order chi connectivity index (χ0) is 13.2. The second kappa shape index (κ2) is 5.24. The molecule has 104 valence electrons. The van der Waals surface area contributed by atoms with Crippen LogP contribution in [0.3, 0.4) is 0 Å². The van der Waals surface area contributed by atoms with Crippen molar-refractivity contribution in [3.63, 3.8) is 0 Å². The van der Waals surface area contributed by atoms with Gasteiger partial charge in [0.05, 0.1) is 0 Å². The Kier molecular flexibility index (Phi) is 4.05. The molecule has 1 aliphatic heterocycles. The van der Waals surface area contributed by atoms with E-state index in [1.54, 1.807) is 0 Å². The van der Waals surface area contributed by atoms with Crippen molar-refractivity contribution in [3.8, 4) is 0 Å². The van der Waals surface area contributed by atoms with Crippen molar-refractivity contribution in [2.45, 2.75) is 57.8 Å². The summed E-state index contributed by atoms with van der Waals surface area (Å²) in [4.78, 5) is 12.3. The van der Waals surface area contributed by atoms with Crippen LogP contribution in [0.1, 0.15) is 51.9 Å². The third kappa shape index (κ3) is 3.28. The average molecular weight is 259 g/mol. The van der Waals surface area contributed by atoms with Crippen LogP contribution in [0, 0.1) is 11.3 Å². The van der Waals surface area contributed by atoms with Crippen LogP contribution < -0.4 is 5.32 Å². The van der Waals surface area contributed by atoms with Crippen LogP contribution in [0.25, 0.3) is 0 Å². The number of alkyl halides is 2. The normalized spacial score (nSPS) is 30.9. The number of hydrogen-bond acceptors (Lipinski definition) is 2. The minimum absolute atomic E-state index is 0.00111. The molecule has 0 spiro atoms. The van der Waals surface area contributed by atoms with Crippen LogP contribution in [0.5, 0.6) is 0 Å². The maximum Gasteiger partial charge on any atom is 0.248 e. The number of rotatable bonds is 3. The molecule has 0 aromatic rings. The van der Waals surface area contributed by atoms with Gasteiger partial charge in [-0.2, -0.15) is 0 Å². The number of halogens is 2. The molecule has 0 radical (unpaired) electrons. The fourth-order valence-electron chi connectivity index (χ4n) is 3.22. The second-order valence-electron chi connectivity index (χ2n) is 6.26. The number of piperidine rings is 1. The van der Waals surface area contributed by atoms with Crippen molar-refractivity contribution in [3.05, 3.63) is 0 Å². The molecule has 18 heavy (non-hydrogen) atoms. The maximum absolute atomic E-state index is 13.3. The molecule has 2 fully saturated rings. The van der Waals surface area contributed by atoms with Crippen LogP contribution in [0.4, 0.5) is 8.78 Å². The Labute approximate surface area is 108 Å². The standard InChI is InChI=1S/C14H23F2NO/c1-13(5-7-17-8-6-13)12(18)9-11-3-2-4-14(15,16)10-11/h11,17H,2-10H2,1H3. The van der Waals surface area contributed by atoms with Gasteiger partial charge in [-0.3, -0.25) is 4.79 Å². The van der Waals surface area contributed by atoms with E-state index in [4.69, 9.17) is 0 Å². The van der Waals surface area contributed by atoms with Gasteiger partial charge in [-0.25, -0.2) is 8.78 Å². The maximum atomic E-state index is 13.3. The molecule has 1 saturated heterocycles. The first kappa shape index (κ1) is 13.9. The van der Waals surface area contributed by atoms with Crippen molar-refractivity contribution < 1.29 is 13.6 Å². The van der Waals surface area contributed by atoms with Crippen molar-refractivity contribution in [1.82, 2.24) is 5.32 Å². The number of carbonyl (C=O) groups excluding carboxylic acids is 1. The van der Waals surface area contributed by atoms with Gasteiger partial charge in [-0.05, 0) is 44.7 Å². The van der Waals surface area contributed by atoms with Crippen LogP contribution in [-0.4, -0.2) is 24.8 Å². The summed E-state index contributed by atoms with van der Waals surface area (Å²) in [6.45, 7) is 3.73. The number of hydrogen-bond donors (Lipinski definition) is 1. The van der Waals surface area contributed by atoms with E-state index in [1.165, 1.54) is 0 Å². The van der Waals surface area contributed by atoms with Gasteiger partial charge < -0.3 is 5.32 Å². The highest BCUT2D eigenvalue weighted by Crippen LogP contribution is 2.40. The van der Waals surface area contributed by atoms with Crippen molar-refractivity contribution >= 4 is 5.78 Å². The SMILES string of the molecule is CC1(C(=O)CC2CCCC(F)(F)C2)CCNCC1. The van der Waals surface area contributed by atoms with Crippen LogP contribution in [0.15, 0.2) is 0 Å². The molecule has 2 rings (SSSR count). The predicted octanol–water partition coefficient (Wildman–Crippen LogP) is 3.16. The highest BCUT2D eigenvalue weighted by atomic mass is 19.3. The first-order valence-corrected chi connectivity index (χ1v) is 7.03. The van der Waals surface area contributed by atoms with Gasteiger partial charge in [0.15, 0.2) is 0 Å². The fraction of sp³-hybridized carbons (Fsp3) is 0.929. The monoisotopic (exact) mass is 259 g/mol. The molecular weight excluding hydrogens is 236 g/mol. The van der Waals surface area contributed by atoms with E-state index in [0.717, 1.165) is 32.4 Å². The van der Waals surface area contributed by atoms with E-state index in [2.05, 4.69) is 5.32 Å². The van der Waals surface area contributed by atoms with E-state index < -0.39 is 5.92 Å². The van der Waals surface area contributed by atoms with Crippen molar-refractivity contribution in [2.24, 2.45) is 11.3 Å². The molecule has 0 bridgehead atoms. The van der Waals surface area contributed by atoms with E-state index in [1.807, 2.05) is 6.92 Å². The molecule has 0 aromatic carbocycles. The third-order valence-electron chi connectivity index (χ3n) is 4.60. The van der Waals surface area contributed by atoms with E-state index in [0.29, 0.717) is 12.8 Å². The number of nitrogens with one attached hydrogen (secondary N) is 1. The molecule has 0 amide bonds. The minimum atomic E-state index is -2.54. The van der Waals surface area contributed by atoms with Crippen LogP contribution in [-0.2, 0) is 4.79 Å². The van der Waals surface area contributed by atoms with E-state index >= 15 is 0 Å². The van der Waals surface area contributed by atoms with E-state index in [-0.39, 0.29) is 30.0 Å². The lowest BCUT2D eigenvalue weighted by Gasteiger charge is -2.35. The summed E-state index contributed by atoms with van der Waals surface area (Å²) in [5, 5.41) is 3.24. The highest BCUT2D eigenvalue weighted by Gasteiger charge is 2.40. The quantitative estimate of drug-likeness (QED) is 0.843. The highest BCUT2D eigenvalue weighted by molar-refractivity contribution is 5.84.